The molecule has 0 aliphatic rings. The first-order valence-corrected chi connectivity index (χ1v) is 9.46. The van der Waals surface area contributed by atoms with E-state index in [0.29, 0.717) is 5.56 Å². The molecule has 6 nitrogen and oxygen atoms in total. The van der Waals surface area contributed by atoms with Gasteiger partial charge in [-0.05, 0) is 43.4 Å². The molecule has 2 aromatic rings. The molecule has 10 heteroatoms. The fourth-order valence-corrected chi connectivity index (χ4v) is 2.82. The van der Waals surface area contributed by atoms with Crippen LogP contribution >= 0.6 is 47.0 Å². The monoisotopic (exact) mass is 459 g/mol. The van der Waals surface area contributed by atoms with Crippen LogP contribution in [0.4, 0.5) is 5.69 Å². The first kappa shape index (κ1) is 22.2. The van der Waals surface area contributed by atoms with Gasteiger partial charge in [-0.25, -0.2) is 4.79 Å². The molecule has 28 heavy (non-hydrogen) atoms. The summed E-state index contributed by atoms with van der Waals surface area (Å²) in [6.45, 7) is 1.85. The van der Waals surface area contributed by atoms with Gasteiger partial charge in [0.25, 0.3) is 5.91 Å². The Morgan fingerprint density at radius 3 is 2.36 bits per heavy atom. The maximum atomic E-state index is 12.5. The SMILES string of the molecule is Cc1cccc(C(=O)NC(NC(=S)Nc2ccccc2C(=O)O)C(Cl)(Cl)Cl)c1. The molecule has 148 valence electrons. The number of carboxylic acids is 1. The summed E-state index contributed by atoms with van der Waals surface area (Å²) < 4.78 is -1.93. The van der Waals surface area contributed by atoms with Crippen LogP contribution in [-0.2, 0) is 0 Å². The first-order valence-electron chi connectivity index (χ1n) is 7.92. The molecule has 0 aromatic heterocycles. The second kappa shape index (κ2) is 9.43. The highest BCUT2D eigenvalue weighted by atomic mass is 35.6. The van der Waals surface area contributed by atoms with Gasteiger partial charge in [0, 0.05) is 5.56 Å². The Labute approximate surface area is 182 Å². The normalized spacial score (nSPS) is 12.0. The Kier molecular flexibility index (Phi) is 7.48. The van der Waals surface area contributed by atoms with Crippen LogP contribution in [0, 0.1) is 6.92 Å². The second-order valence-electron chi connectivity index (χ2n) is 5.77. The van der Waals surface area contributed by atoms with E-state index in [1.165, 1.54) is 12.1 Å². The van der Waals surface area contributed by atoms with Gasteiger partial charge in [-0.15, -0.1) is 0 Å². The Morgan fingerprint density at radius 1 is 1.07 bits per heavy atom. The van der Waals surface area contributed by atoms with Crippen molar-refractivity contribution in [3.63, 3.8) is 0 Å². The molecule has 0 bridgehead atoms. The molecule has 4 N–H and O–H groups in total. The quantitative estimate of drug-likeness (QED) is 0.305. The highest BCUT2D eigenvalue weighted by Crippen LogP contribution is 2.29. The molecule has 1 unspecified atom stereocenters. The third kappa shape index (κ3) is 6.24. The Hall–Kier alpha value is -2.06. The molecule has 0 aliphatic carbocycles. The summed E-state index contributed by atoms with van der Waals surface area (Å²) >= 11 is 23.1. The topological polar surface area (TPSA) is 90.5 Å². The van der Waals surface area contributed by atoms with Crippen molar-refractivity contribution in [1.82, 2.24) is 10.6 Å². The number of hydrogen-bond acceptors (Lipinski definition) is 3. The highest BCUT2D eigenvalue weighted by Gasteiger charge is 2.35. The lowest BCUT2D eigenvalue weighted by atomic mass is 10.1. The number of carboxylic acid groups (broad SMARTS) is 1. The van der Waals surface area contributed by atoms with E-state index in [0.717, 1.165) is 5.56 Å². The molecular formula is C18H16Cl3N3O3S. The van der Waals surface area contributed by atoms with Crippen molar-refractivity contribution in [1.29, 1.82) is 0 Å². The van der Waals surface area contributed by atoms with Gasteiger partial charge in [0.1, 0.15) is 6.17 Å². The Balaban J connectivity index is 2.13. The Bertz CT molecular complexity index is 903. The summed E-state index contributed by atoms with van der Waals surface area (Å²) in [4.78, 5) is 23.8. The van der Waals surface area contributed by atoms with E-state index in [1.807, 2.05) is 13.0 Å². The largest absolute Gasteiger partial charge is 0.478 e. The third-order valence-electron chi connectivity index (χ3n) is 3.56. The maximum absolute atomic E-state index is 12.5. The zero-order chi connectivity index (χ0) is 20.9. The van der Waals surface area contributed by atoms with Crippen molar-refractivity contribution >= 4 is 69.7 Å². The predicted molar refractivity (Wildman–Crippen MR) is 115 cm³/mol. The van der Waals surface area contributed by atoms with Crippen LogP contribution in [0.25, 0.3) is 0 Å². The number of para-hydroxylation sites is 1. The summed E-state index contributed by atoms with van der Waals surface area (Å²) in [5.41, 5.74) is 1.55. The van der Waals surface area contributed by atoms with Crippen molar-refractivity contribution in [2.24, 2.45) is 0 Å². The number of hydrogen-bond donors (Lipinski definition) is 4. The van der Waals surface area contributed by atoms with Crippen molar-refractivity contribution < 1.29 is 14.7 Å². The van der Waals surface area contributed by atoms with Crippen molar-refractivity contribution in [2.75, 3.05) is 5.32 Å². The number of rotatable bonds is 5. The standard InChI is InChI=1S/C18H16Cl3N3O3S/c1-10-5-4-6-11(9-10)14(25)23-16(18(19,20)21)24-17(28)22-13-8-3-2-7-12(13)15(26)27/h2-9,16H,1H3,(H,23,25)(H,26,27)(H2,22,24,28). The van der Waals surface area contributed by atoms with Crippen LogP contribution in [0.15, 0.2) is 48.5 Å². The summed E-state index contributed by atoms with van der Waals surface area (Å²) in [5.74, 6) is -1.60. The molecule has 0 fully saturated rings. The molecule has 0 radical (unpaired) electrons. The minimum Gasteiger partial charge on any atom is -0.478 e. The zero-order valence-electron chi connectivity index (χ0n) is 14.5. The van der Waals surface area contributed by atoms with E-state index in [-0.39, 0.29) is 16.4 Å². The van der Waals surface area contributed by atoms with Crippen molar-refractivity contribution in [2.45, 2.75) is 16.9 Å². The van der Waals surface area contributed by atoms with Crippen molar-refractivity contribution in [3.05, 3.63) is 65.2 Å². The lowest BCUT2D eigenvalue weighted by Crippen LogP contribution is -2.56. The maximum Gasteiger partial charge on any atom is 0.337 e. The van der Waals surface area contributed by atoms with Gasteiger partial charge in [-0.2, -0.15) is 0 Å². The fourth-order valence-electron chi connectivity index (χ4n) is 2.27. The molecule has 0 saturated heterocycles. The van der Waals surface area contributed by atoms with Gasteiger partial charge in [0.05, 0.1) is 11.3 Å². The minimum atomic E-state index is -1.93. The van der Waals surface area contributed by atoms with E-state index >= 15 is 0 Å². The van der Waals surface area contributed by atoms with Gasteiger partial charge < -0.3 is 21.1 Å². The minimum absolute atomic E-state index is 0.0147. The molecule has 2 rings (SSSR count). The molecule has 0 heterocycles. The molecule has 0 spiro atoms. The number of aryl methyl sites for hydroxylation is 1. The first-order chi connectivity index (χ1) is 13.1. The number of alkyl halides is 3. The average molecular weight is 461 g/mol. The molecule has 1 amide bonds. The number of aromatic carboxylic acids is 1. The lowest BCUT2D eigenvalue weighted by molar-refractivity contribution is 0.0697. The average Bonchev–Trinajstić information content (AvgIpc) is 2.60. The molecular weight excluding hydrogens is 445 g/mol. The van der Waals surface area contributed by atoms with Crippen LogP contribution in [-0.4, -0.2) is 32.1 Å². The van der Waals surface area contributed by atoms with E-state index in [9.17, 15) is 14.7 Å². The number of halogens is 3. The number of benzene rings is 2. The van der Waals surface area contributed by atoms with Gasteiger partial charge in [-0.3, -0.25) is 4.79 Å². The van der Waals surface area contributed by atoms with Gasteiger partial charge in [0.2, 0.25) is 3.79 Å². The van der Waals surface area contributed by atoms with Gasteiger partial charge in [0.15, 0.2) is 5.11 Å². The predicted octanol–water partition coefficient (Wildman–Crippen LogP) is 4.11. The van der Waals surface area contributed by atoms with Gasteiger partial charge >= 0.3 is 5.97 Å². The van der Waals surface area contributed by atoms with Gasteiger partial charge in [-0.1, -0.05) is 64.6 Å². The number of amides is 1. The van der Waals surface area contributed by atoms with Crippen LogP contribution in [0.3, 0.4) is 0 Å². The highest BCUT2D eigenvalue weighted by molar-refractivity contribution is 7.80. The summed E-state index contributed by atoms with van der Waals surface area (Å²) in [5, 5.41) is 17.2. The van der Waals surface area contributed by atoms with Crippen molar-refractivity contribution in [3.8, 4) is 0 Å². The number of anilines is 1. The smallest absolute Gasteiger partial charge is 0.337 e. The van der Waals surface area contributed by atoms with E-state index in [2.05, 4.69) is 16.0 Å². The second-order valence-corrected chi connectivity index (χ2v) is 8.54. The summed E-state index contributed by atoms with van der Waals surface area (Å²) in [7, 11) is 0. The van der Waals surface area contributed by atoms with E-state index < -0.39 is 21.8 Å². The Morgan fingerprint density at radius 2 is 1.75 bits per heavy atom. The van der Waals surface area contributed by atoms with Crippen LogP contribution in [0.1, 0.15) is 26.3 Å². The number of nitrogens with one attached hydrogen (secondary N) is 3. The van der Waals surface area contributed by atoms with Crippen LogP contribution < -0.4 is 16.0 Å². The molecule has 1 atom stereocenters. The number of carbonyl (C=O) groups is 2. The lowest BCUT2D eigenvalue weighted by Gasteiger charge is -2.28. The summed E-state index contributed by atoms with van der Waals surface area (Å²) in [6, 6.07) is 13.1. The van der Waals surface area contributed by atoms with Crippen LogP contribution in [0.5, 0.6) is 0 Å². The van der Waals surface area contributed by atoms with E-state index in [1.54, 1.807) is 30.3 Å². The molecule has 2 aromatic carbocycles. The third-order valence-corrected chi connectivity index (χ3v) is 4.44. The summed E-state index contributed by atoms with van der Waals surface area (Å²) in [6.07, 6.45) is -1.18. The number of thiocarbonyl (C=S) groups is 1. The molecule has 0 saturated carbocycles. The molecule has 0 aliphatic heterocycles. The fraction of sp³-hybridized carbons (Fsp3) is 0.167. The van der Waals surface area contributed by atoms with E-state index in [4.69, 9.17) is 47.0 Å². The van der Waals surface area contributed by atoms with Crippen LogP contribution in [0.2, 0.25) is 0 Å². The zero-order valence-corrected chi connectivity index (χ0v) is 17.6. The number of carbonyl (C=O) groups excluding carboxylic acids is 1.